The molecule has 7 heteroatoms. The van der Waals surface area contributed by atoms with E-state index in [9.17, 15) is 14.4 Å². The third-order valence-electron chi connectivity index (χ3n) is 4.11. The third kappa shape index (κ3) is 5.63. The van der Waals surface area contributed by atoms with E-state index in [0.29, 0.717) is 6.54 Å². The number of nitrogens with zero attached hydrogens (tertiary/aromatic N) is 1. The van der Waals surface area contributed by atoms with Crippen molar-refractivity contribution in [2.45, 2.75) is 58.5 Å². The van der Waals surface area contributed by atoms with Crippen molar-refractivity contribution in [1.29, 1.82) is 0 Å². The van der Waals surface area contributed by atoms with Crippen molar-refractivity contribution in [2.24, 2.45) is 11.7 Å². The van der Waals surface area contributed by atoms with Gasteiger partial charge >= 0.3 is 6.03 Å². The van der Waals surface area contributed by atoms with E-state index in [4.69, 9.17) is 5.73 Å². The zero-order valence-electron chi connectivity index (χ0n) is 13.7. The van der Waals surface area contributed by atoms with Gasteiger partial charge in [0.2, 0.25) is 11.8 Å². The molecule has 0 aromatic carbocycles. The number of carbonyl (C=O) groups is 3. The third-order valence-corrected chi connectivity index (χ3v) is 4.11. The zero-order chi connectivity index (χ0) is 16.7. The van der Waals surface area contributed by atoms with E-state index in [1.54, 1.807) is 6.92 Å². The Hall–Kier alpha value is -1.63. The van der Waals surface area contributed by atoms with E-state index < -0.39 is 18.0 Å². The lowest BCUT2D eigenvalue weighted by molar-refractivity contribution is -0.131. The Morgan fingerprint density at radius 1 is 1.32 bits per heavy atom. The smallest absolute Gasteiger partial charge is 0.318 e. The van der Waals surface area contributed by atoms with E-state index in [1.165, 1.54) is 0 Å². The SMILES string of the molecule is CCC[C@H](C)NC(=O)[C@@H]1CCCN([C@H](C)C(=O)NC(N)=O)C1. The van der Waals surface area contributed by atoms with Crippen LogP contribution in [-0.2, 0) is 9.59 Å². The molecule has 0 saturated carbocycles. The van der Waals surface area contributed by atoms with Crippen molar-refractivity contribution in [3.05, 3.63) is 0 Å². The Morgan fingerprint density at radius 2 is 2.00 bits per heavy atom. The van der Waals surface area contributed by atoms with Crippen LogP contribution in [0.15, 0.2) is 0 Å². The molecule has 0 radical (unpaired) electrons. The van der Waals surface area contributed by atoms with Crippen molar-refractivity contribution in [2.75, 3.05) is 13.1 Å². The number of piperidine rings is 1. The van der Waals surface area contributed by atoms with Gasteiger partial charge in [-0.05, 0) is 39.7 Å². The fraction of sp³-hybridized carbons (Fsp3) is 0.800. The average molecular weight is 312 g/mol. The summed E-state index contributed by atoms with van der Waals surface area (Å²) in [6.07, 6.45) is 3.67. The van der Waals surface area contributed by atoms with Gasteiger partial charge in [0.25, 0.3) is 0 Å². The quantitative estimate of drug-likeness (QED) is 0.667. The van der Waals surface area contributed by atoms with Crippen LogP contribution in [0.1, 0.15) is 46.5 Å². The fourth-order valence-electron chi connectivity index (χ4n) is 2.83. The highest BCUT2D eigenvalue weighted by atomic mass is 16.2. The summed E-state index contributed by atoms with van der Waals surface area (Å²) >= 11 is 0. The van der Waals surface area contributed by atoms with E-state index in [1.807, 2.05) is 11.8 Å². The molecule has 0 unspecified atom stereocenters. The van der Waals surface area contributed by atoms with Gasteiger partial charge in [0, 0.05) is 12.6 Å². The van der Waals surface area contributed by atoms with Crippen molar-refractivity contribution < 1.29 is 14.4 Å². The molecular weight excluding hydrogens is 284 g/mol. The number of carbonyl (C=O) groups excluding carboxylic acids is 3. The molecule has 7 nitrogen and oxygen atoms in total. The molecule has 0 aromatic rings. The summed E-state index contributed by atoms with van der Waals surface area (Å²) in [7, 11) is 0. The van der Waals surface area contributed by atoms with Gasteiger partial charge in [0.05, 0.1) is 12.0 Å². The van der Waals surface area contributed by atoms with Gasteiger partial charge < -0.3 is 11.1 Å². The first-order chi connectivity index (χ1) is 10.3. The molecule has 0 aromatic heterocycles. The summed E-state index contributed by atoms with van der Waals surface area (Å²) in [4.78, 5) is 36.8. The highest BCUT2D eigenvalue weighted by Crippen LogP contribution is 2.19. The van der Waals surface area contributed by atoms with Crippen LogP contribution < -0.4 is 16.4 Å². The normalized spacial score (nSPS) is 21.7. The second-order valence-electron chi connectivity index (χ2n) is 6.06. The van der Waals surface area contributed by atoms with Gasteiger partial charge in [-0.15, -0.1) is 0 Å². The Labute approximate surface area is 132 Å². The molecule has 1 fully saturated rings. The Bertz CT molecular complexity index is 414. The number of rotatable bonds is 6. The number of likely N-dealkylation sites (tertiary alicyclic amines) is 1. The highest BCUT2D eigenvalue weighted by Gasteiger charge is 2.31. The number of amides is 4. The van der Waals surface area contributed by atoms with Crippen molar-refractivity contribution in [1.82, 2.24) is 15.5 Å². The topological polar surface area (TPSA) is 105 Å². The Morgan fingerprint density at radius 3 is 2.59 bits per heavy atom. The molecule has 1 rings (SSSR count). The average Bonchev–Trinajstić information content (AvgIpc) is 2.46. The lowest BCUT2D eigenvalue weighted by Gasteiger charge is -2.35. The standard InChI is InChI=1S/C15H28N4O3/c1-4-6-10(2)17-14(21)12-7-5-8-19(9-12)11(3)13(20)18-15(16)22/h10-12H,4-9H2,1-3H3,(H,17,21)(H3,16,18,20,22)/t10-,11+,12+/m0/s1. The van der Waals surface area contributed by atoms with Gasteiger partial charge in [-0.2, -0.15) is 0 Å². The first kappa shape index (κ1) is 18.4. The second-order valence-corrected chi connectivity index (χ2v) is 6.06. The molecular formula is C15H28N4O3. The minimum absolute atomic E-state index is 0.0492. The summed E-state index contributed by atoms with van der Waals surface area (Å²) in [6, 6.07) is -1.16. The summed E-state index contributed by atoms with van der Waals surface area (Å²) in [5, 5.41) is 5.12. The zero-order valence-corrected chi connectivity index (χ0v) is 13.7. The molecule has 1 saturated heterocycles. The molecule has 1 heterocycles. The molecule has 22 heavy (non-hydrogen) atoms. The molecule has 1 aliphatic heterocycles. The first-order valence-electron chi connectivity index (χ1n) is 7.99. The molecule has 0 aliphatic carbocycles. The Kier molecular flexibility index (Phi) is 7.31. The van der Waals surface area contributed by atoms with Crippen molar-refractivity contribution >= 4 is 17.8 Å². The van der Waals surface area contributed by atoms with Crippen LogP contribution in [0.4, 0.5) is 4.79 Å². The maximum absolute atomic E-state index is 12.3. The minimum Gasteiger partial charge on any atom is -0.353 e. The predicted octanol–water partition coefficient (Wildman–Crippen LogP) is 0.587. The van der Waals surface area contributed by atoms with Crippen LogP contribution >= 0.6 is 0 Å². The summed E-state index contributed by atoms with van der Waals surface area (Å²) < 4.78 is 0. The van der Waals surface area contributed by atoms with Crippen molar-refractivity contribution in [3.63, 3.8) is 0 Å². The van der Waals surface area contributed by atoms with Crippen LogP contribution in [-0.4, -0.2) is 47.9 Å². The molecule has 3 atom stereocenters. The number of primary amides is 1. The first-order valence-corrected chi connectivity index (χ1v) is 7.99. The maximum atomic E-state index is 12.3. The Balaban J connectivity index is 2.54. The molecule has 0 bridgehead atoms. The summed E-state index contributed by atoms with van der Waals surface area (Å²) in [5.74, 6) is -0.488. The van der Waals surface area contributed by atoms with E-state index in [0.717, 1.165) is 32.2 Å². The van der Waals surface area contributed by atoms with Crippen LogP contribution in [0, 0.1) is 5.92 Å². The lowest BCUT2D eigenvalue weighted by Crippen LogP contribution is -2.53. The minimum atomic E-state index is -0.850. The van der Waals surface area contributed by atoms with Crippen LogP contribution in [0.25, 0.3) is 0 Å². The van der Waals surface area contributed by atoms with Crippen LogP contribution in [0.2, 0.25) is 0 Å². The van der Waals surface area contributed by atoms with Crippen molar-refractivity contribution in [3.8, 4) is 0 Å². The highest BCUT2D eigenvalue weighted by molar-refractivity contribution is 5.96. The van der Waals surface area contributed by atoms with E-state index in [2.05, 4.69) is 17.6 Å². The lowest BCUT2D eigenvalue weighted by atomic mass is 9.95. The summed E-state index contributed by atoms with van der Waals surface area (Å²) in [5.41, 5.74) is 4.97. The van der Waals surface area contributed by atoms with Gasteiger partial charge in [0.1, 0.15) is 0 Å². The van der Waals surface area contributed by atoms with Gasteiger partial charge in [-0.1, -0.05) is 13.3 Å². The predicted molar refractivity (Wildman–Crippen MR) is 84.0 cm³/mol. The van der Waals surface area contributed by atoms with E-state index >= 15 is 0 Å². The van der Waals surface area contributed by atoms with Gasteiger partial charge in [0.15, 0.2) is 0 Å². The molecule has 0 spiro atoms. The monoisotopic (exact) mass is 312 g/mol. The van der Waals surface area contributed by atoms with Crippen LogP contribution in [0.3, 0.4) is 0 Å². The summed E-state index contributed by atoms with van der Waals surface area (Å²) in [6.45, 7) is 7.08. The van der Waals surface area contributed by atoms with E-state index in [-0.39, 0.29) is 17.9 Å². The molecule has 1 aliphatic rings. The number of hydrogen-bond acceptors (Lipinski definition) is 4. The molecule has 126 valence electrons. The largest absolute Gasteiger partial charge is 0.353 e. The van der Waals surface area contributed by atoms with Gasteiger partial charge in [-0.3, -0.25) is 19.8 Å². The number of nitrogens with two attached hydrogens (primary N) is 1. The molecule has 4 N–H and O–H groups in total. The number of urea groups is 1. The number of hydrogen-bond donors (Lipinski definition) is 3. The number of nitrogens with one attached hydrogen (secondary N) is 2. The maximum Gasteiger partial charge on any atom is 0.318 e. The number of imide groups is 1. The fourth-order valence-corrected chi connectivity index (χ4v) is 2.83. The van der Waals surface area contributed by atoms with Crippen LogP contribution in [0.5, 0.6) is 0 Å². The second kappa shape index (κ2) is 8.73. The molecule has 4 amide bonds. The van der Waals surface area contributed by atoms with Gasteiger partial charge in [-0.25, -0.2) is 4.79 Å².